The predicted molar refractivity (Wildman–Crippen MR) is 165 cm³/mol. The Bertz CT molecular complexity index is 1360. The van der Waals surface area contributed by atoms with Gasteiger partial charge in [0.2, 0.25) is 11.8 Å². The molecule has 44 heavy (non-hydrogen) atoms. The number of nitrogens with one attached hydrogen (secondary N) is 2. The standard InChI is InChI=1S/C33H42N6O5/c1-5-25(4)33(43)39(30(40)20-38-23-34-22-35-38)36-31(41)29(19-24(2)3)28(18-12-17-26-13-8-6-9-14-26)32(42)37-44-21-27-15-10-7-11-16-27/h6-17,22-25,28-29H,5,18-21H2,1-4H3,(H,36,41)(H,37,42)/b17-12+/t25-,28-,29+/m0/s1. The minimum atomic E-state index is -0.887. The average molecular weight is 603 g/mol. The van der Waals surface area contributed by atoms with Crippen LogP contribution in [0, 0.1) is 23.7 Å². The van der Waals surface area contributed by atoms with E-state index in [9.17, 15) is 19.2 Å². The summed E-state index contributed by atoms with van der Waals surface area (Å²) in [6.07, 6.45) is 7.35. The lowest BCUT2D eigenvalue weighted by Crippen LogP contribution is -2.55. The third kappa shape index (κ3) is 10.6. The fourth-order valence-corrected chi connectivity index (χ4v) is 4.52. The van der Waals surface area contributed by atoms with Crippen LogP contribution in [-0.4, -0.2) is 43.4 Å². The number of imide groups is 1. The van der Waals surface area contributed by atoms with Crippen molar-refractivity contribution in [3.63, 3.8) is 0 Å². The van der Waals surface area contributed by atoms with E-state index >= 15 is 0 Å². The highest BCUT2D eigenvalue weighted by atomic mass is 16.6. The predicted octanol–water partition coefficient (Wildman–Crippen LogP) is 4.34. The van der Waals surface area contributed by atoms with Gasteiger partial charge in [-0.25, -0.2) is 15.1 Å². The molecule has 2 aromatic carbocycles. The Labute approximate surface area is 258 Å². The zero-order chi connectivity index (χ0) is 31.9. The van der Waals surface area contributed by atoms with E-state index in [1.807, 2.05) is 93.6 Å². The van der Waals surface area contributed by atoms with Crippen molar-refractivity contribution >= 4 is 29.7 Å². The summed E-state index contributed by atoms with van der Waals surface area (Å²) in [7, 11) is 0. The number of aromatic nitrogens is 3. The number of carbonyl (C=O) groups excluding carboxylic acids is 4. The van der Waals surface area contributed by atoms with E-state index in [0.29, 0.717) is 12.8 Å². The smallest absolute Gasteiger partial charge is 0.269 e. The van der Waals surface area contributed by atoms with E-state index in [4.69, 9.17) is 4.84 Å². The Balaban J connectivity index is 1.86. The summed E-state index contributed by atoms with van der Waals surface area (Å²) in [5, 5.41) is 4.69. The van der Waals surface area contributed by atoms with Gasteiger partial charge in [0.25, 0.3) is 11.8 Å². The van der Waals surface area contributed by atoms with Crippen LogP contribution in [0.5, 0.6) is 0 Å². The zero-order valence-corrected chi connectivity index (χ0v) is 25.8. The highest BCUT2D eigenvalue weighted by Crippen LogP contribution is 2.26. The van der Waals surface area contributed by atoms with Crippen molar-refractivity contribution in [3.8, 4) is 0 Å². The highest BCUT2D eigenvalue weighted by molar-refractivity contribution is 5.98. The van der Waals surface area contributed by atoms with Crippen LogP contribution in [0.1, 0.15) is 58.1 Å². The average Bonchev–Trinajstić information content (AvgIpc) is 3.54. The van der Waals surface area contributed by atoms with Crippen molar-refractivity contribution in [2.75, 3.05) is 0 Å². The van der Waals surface area contributed by atoms with E-state index < -0.39 is 41.4 Å². The molecule has 0 fully saturated rings. The quantitative estimate of drug-likeness (QED) is 0.247. The Morgan fingerprint density at radius 2 is 1.64 bits per heavy atom. The molecule has 3 atom stereocenters. The minimum absolute atomic E-state index is 0.0222. The second kappa shape index (κ2) is 17.5. The van der Waals surface area contributed by atoms with Crippen molar-refractivity contribution in [1.29, 1.82) is 0 Å². The fourth-order valence-electron chi connectivity index (χ4n) is 4.52. The molecular weight excluding hydrogens is 560 g/mol. The molecule has 0 aliphatic rings. The Morgan fingerprint density at radius 1 is 0.955 bits per heavy atom. The maximum absolute atomic E-state index is 13.9. The van der Waals surface area contributed by atoms with Gasteiger partial charge >= 0.3 is 0 Å². The third-order valence-corrected chi connectivity index (χ3v) is 7.13. The number of hydrogen-bond acceptors (Lipinski definition) is 7. The summed E-state index contributed by atoms with van der Waals surface area (Å²) >= 11 is 0. The lowest BCUT2D eigenvalue weighted by atomic mass is 9.82. The van der Waals surface area contributed by atoms with Gasteiger partial charge in [0.05, 0.1) is 18.4 Å². The zero-order valence-electron chi connectivity index (χ0n) is 25.8. The van der Waals surface area contributed by atoms with Crippen LogP contribution in [0.3, 0.4) is 0 Å². The molecule has 0 unspecified atom stereocenters. The maximum atomic E-state index is 13.9. The molecule has 0 aliphatic heterocycles. The molecule has 0 saturated heterocycles. The van der Waals surface area contributed by atoms with Crippen LogP contribution in [0.2, 0.25) is 0 Å². The summed E-state index contributed by atoms with van der Waals surface area (Å²) < 4.78 is 1.27. The van der Waals surface area contributed by atoms with E-state index in [-0.39, 0.29) is 25.5 Å². The molecule has 2 N–H and O–H groups in total. The summed E-state index contributed by atoms with van der Waals surface area (Å²) in [6, 6.07) is 19.0. The van der Waals surface area contributed by atoms with Gasteiger partial charge in [0.15, 0.2) is 0 Å². The van der Waals surface area contributed by atoms with E-state index in [1.165, 1.54) is 17.3 Å². The molecule has 1 aromatic heterocycles. The molecular formula is C33H42N6O5. The van der Waals surface area contributed by atoms with Crippen molar-refractivity contribution < 1.29 is 24.0 Å². The maximum Gasteiger partial charge on any atom is 0.269 e. The van der Waals surface area contributed by atoms with Crippen molar-refractivity contribution in [2.45, 2.75) is 60.1 Å². The SMILES string of the molecule is CC[C@H](C)C(=O)N(NC(=O)[C@H](CC(C)C)[C@H](C/C=C/c1ccccc1)C(=O)NOCc1ccccc1)C(=O)Cn1cncn1. The van der Waals surface area contributed by atoms with Crippen LogP contribution < -0.4 is 10.9 Å². The van der Waals surface area contributed by atoms with Crippen molar-refractivity contribution in [1.82, 2.24) is 30.7 Å². The lowest BCUT2D eigenvalue weighted by Gasteiger charge is -2.30. The van der Waals surface area contributed by atoms with Gasteiger partial charge in [-0.05, 0) is 36.3 Å². The van der Waals surface area contributed by atoms with Gasteiger partial charge in [0, 0.05) is 5.92 Å². The summed E-state index contributed by atoms with van der Waals surface area (Å²) in [5.74, 6) is -4.57. The van der Waals surface area contributed by atoms with E-state index in [1.54, 1.807) is 6.92 Å². The molecule has 11 nitrogen and oxygen atoms in total. The molecule has 11 heteroatoms. The van der Waals surface area contributed by atoms with Crippen LogP contribution in [-0.2, 0) is 37.2 Å². The monoisotopic (exact) mass is 602 g/mol. The molecule has 0 aliphatic carbocycles. The van der Waals surface area contributed by atoms with Crippen LogP contribution in [0.25, 0.3) is 6.08 Å². The van der Waals surface area contributed by atoms with Crippen LogP contribution >= 0.6 is 0 Å². The van der Waals surface area contributed by atoms with E-state index in [2.05, 4.69) is 21.0 Å². The number of hydroxylamine groups is 1. The molecule has 4 amide bonds. The number of hydrazine groups is 1. The number of carbonyl (C=O) groups is 4. The topological polar surface area (TPSA) is 136 Å². The van der Waals surface area contributed by atoms with Gasteiger partial charge in [-0.3, -0.25) is 29.4 Å². The van der Waals surface area contributed by atoms with Crippen LogP contribution in [0.15, 0.2) is 79.4 Å². The van der Waals surface area contributed by atoms with Gasteiger partial charge in [-0.1, -0.05) is 101 Å². The minimum Gasteiger partial charge on any atom is -0.273 e. The Hall–Kier alpha value is -4.64. The largest absolute Gasteiger partial charge is 0.273 e. The lowest BCUT2D eigenvalue weighted by molar-refractivity contribution is -0.158. The fraction of sp³-hybridized carbons (Fsp3) is 0.394. The summed E-state index contributed by atoms with van der Waals surface area (Å²) in [6.45, 7) is 7.24. The molecule has 3 aromatic rings. The molecule has 1 heterocycles. The molecule has 3 rings (SSSR count). The van der Waals surface area contributed by atoms with E-state index in [0.717, 1.165) is 16.1 Å². The first kappa shape index (κ1) is 33.9. The number of hydrogen-bond donors (Lipinski definition) is 2. The first-order chi connectivity index (χ1) is 21.2. The van der Waals surface area contributed by atoms with Gasteiger partial charge in [-0.15, -0.1) is 0 Å². The van der Waals surface area contributed by atoms with Crippen LogP contribution in [0.4, 0.5) is 0 Å². The van der Waals surface area contributed by atoms with Crippen molar-refractivity contribution in [3.05, 3.63) is 90.5 Å². The summed E-state index contributed by atoms with van der Waals surface area (Å²) in [5.41, 5.74) is 6.91. The second-order valence-corrected chi connectivity index (χ2v) is 11.1. The first-order valence-corrected chi connectivity index (χ1v) is 14.9. The molecule has 0 bridgehead atoms. The number of allylic oxidation sites excluding steroid dienone is 1. The Kier molecular flexibility index (Phi) is 13.4. The highest BCUT2D eigenvalue weighted by Gasteiger charge is 2.37. The third-order valence-electron chi connectivity index (χ3n) is 7.13. The number of nitrogens with zero attached hydrogens (tertiary/aromatic N) is 4. The Morgan fingerprint density at radius 3 is 2.25 bits per heavy atom. The second-order valence-electron chi connectivity index (χ2n) is 11.1. The van der Waals surface area contributed by atoms with Crippen molar-refractivity contribution in [2.24, 2.45) is 23.7 Å². The van der Waals surface area contributed by atoms with Gasteiger partial charge < -0.3 is 0 Å². The van der Waals surface area contributed by atoms with Gasteiger partial charge in [-0.2, -0.15) is 10.1 Å². The first-order valence-electron chi connectivity index (χ1n) is 14.9. The molecule has 0 saturated carbocycles. The number of amides is 4. The summed E-state index contributed by atoms with van der Waals surface area (Å²) in [4.78, 5) is 63.4. The number of rotatable bonds is 15. The van der Waals surface area contributed by atoms with Gasteiger partial charge in [0.1, 0.15) is 19.2 Å². The molecule has 0 radical (unpaired) electrons. The molecule has 0 spiro atoms. The number of benzene rings is 2. The molecule has 234 valence electrons. The normalized spacial score (nSPS) is 13.3.